The van der Waals surface area contributed by atoms with Crippen molar-refractivity contribution in [2.75, 3.05) is 25.9 Å². The Hall–Kier alpha value is -1.22. The molecule has 1 saturated carbocycles. The van der Waals surface area contributed by atoms with Gasteiger partial charge in [-0.15, -0.1) is 0 Å². The Morgan fingerprint density at radius 2 is 2.00 bits per heavy atom. The Kier molecular flexibility index (Phi) is 3.16. The molecule has 0 radical (unpaired) electrons. The van der Waals surface area contributed by atoms with Gasteiger partial charge in [-0.1, -0.05) is 12.5 Å². The Morgan fingerprint density at radius 3 is 2.61 bits per heavy atom. The first-order valence-electron chi connectivity index (χ1n) is 6.91. The minimum atomic E-state index is 0.745. The van der Waals surface area contributed by atoms with Crippen LogP contribution >= 0.6 is 0 Å². The molecule has 3 heteroatoms. The fraction of sp³-hybridized carbons (Fsp3) is 0.600. The standard InChI is InChI=1S/C15H22N2O/c1-18-15-6-5-11(7-14(15)16)8-17-9-12-3-2-4-13(12)10-17/h5-7,12-13H,2-4,8-10,16H2,1H3. The third-order valence-electron chi connectivity index (χ3n) is 4.50. The maximum absolute atomic E-state index is 5.95. The highest BCUT2D eigenvalue weighted by molar-refractivity contribution is 5.54. The van der Waals surface area contributed by atoms with Crippen LogP contribution in [0.5, 0.6) is 5.75 Å². The van der Waals surface area contributed by atoms with Gasteiger partial charge >= 0.3 is 0 Å². The van der Waals surface area contributed by atoms with Crippen LogP contribution in [-0.2, 0) is 6.54 Å². The predicted octanol–water partition coefficient (Wildman–Crippen LogP) is 2.51. The SMILES string of the molecule is COc1ccc(CN2CC3CCCC3C2)cc1N. The van der Waals surface area contributed by atoms with Crippen LogP contribution in [0.3, 0.4) is 0 Å². The molecule has 2 N–H and O–H groups in total. The van der Waals surface area contributed by atoms with Gasteiger partial charge in [0, 0.05) is 19.6 Å². The topological polar surface area (TPSA) is 38.5 Å². The van der Waals surface area contributed by atoms with E-state index in [0.29, 0.717) is 0 Å². The largest absolute Gasteiger partial charge is 0.495 e. The molecule has 1 heterocycles. The summed E-state index contributed by atoms with van der Waals surface area (Å²) in [7, 11) is 1.66. The lowest BCUT2D eigenvalue weighted by atomic mass is 10.0. The number of nitrogens with two attached hydrogens (primary N) is 1. The minimum absolute atomic E-state index is 0.745. The van der Waals surface area contributed by atoms with Crippen LogP contribution in [0.4, 0.5) is 5.69 Å². The van der Waals surface area contributed by atoms with E-state index < -0.39 is 0 Å². The zero-order chi connectivity index (χ0) is 12.5. The van der Waals surface area contributed by atoms with Gasteiger partial charge in [-0.3, -0.25) is 4.90 Å². The highest BCUT2D eigenvalue weighted by Crippen LogP contribution is 2.38. The molecule has 0 aromatic heterocycles. The van der Waals surface area contributed by atoms with Gasteiger partial charge in [0.2, 0.25) is 0 Å². The molecule has 2 fully saturated rings. The van der Waals surface area contributed by atoms with E-state index in [0.717, 1.165) is 29.8 Å². The first-order chi connectivity index (χ1) is 8.76. The highest BCUT2D eigenvalue weighted by Gasteiger charge is 2.35. The van der Waals surface area contributed by atoms with Crippen molar-refractivity contribution in [2.45, 2.75) is 25.8 Å². The van der Waals surface area contributed by atoms with Crippen molar-refractivity contribution in [3.63, 3.8) is 0 Å². The first-order valence-corrected chi connectivity index (χ1v) is 6.91. The predicted molar refractivity (Wildman–Crippen MR) is 73.5 cm³/mol. The van der Waals surface area contributed by atoms with Crippen LogP contribution in [0.25, 0.3) is 0 Å². The Labute approximate surface area is 109 Å². The van der Waals surface area contributed by atoms with Gasteiger partial charge in [0.15, 0.2) is 0 Å². The number of rotatable bonds is 3. The van der Waals surface area contributed by atoms with E-state index >= 15 is 0 Å². The van der Waals surface area contributed by atoms with Crippen LogP contribution in [0.2, 0.25) is 0 Å². The molecule has 2 aliphatic rings. The molecule has 2 unspecified atom stereocenters. The monoisotopic (exact) mass is 246 g/mol. The van der Waals surface area contributed by atoms with Gasteiger partial charge in [0.25, 0.3) is 0 Å². The van der Waals surface area contributed by atoms with E-state index in [1.54, 1.807) is 7.11 Å². The van der Waals surface area contributed by atoms with Crippen molar-refractivity contribution in [2.24, 2.45) is 11.8 Å². The van der Waals surface area contributed by atoms with Gasteiger partial charge in [0.05, 0.1) is 12.8 Å². The molecule has 3 nitrogen and oxygen atoms in total. The summed E-state index contributed by atoms with van der Waals surface area (Å²) in [6.07, 6.45) is 4.32. The van der Waals surface area contributed by atoms with Gasteiger partial charge < -0.3 is 10.5 Å². The highest BCUT2D eigenvalue weighted by atomic mass is 16.5. The van der Waals surface area contributed by atoms with E-state index in [-0.39, 0.29) is 0 Å². The van der Waals surface area contributed by atoms with Crippen molar-refractivity contribution >= 4 is 5.69 Å². The maximum atomic E-state index is 5.95. The van der Waals surface area contributed by atoms with Crippen LogP contribution < -0.4 is 10.5 Å². The average Bonchev–Trinajstić information content (AvgIpc) is 2.90. The Bertz CT molecular complexity index is 421. The zero-order valence-electron chi connectivity index (χ0n) is 11.1. The molecule has 1 saturated heterocycles. The summed E-state index contributed by atoms with van der Waals surface area (Å²) in [6, 6.07) is 6.15. The number of nitrogens with zero attached hydrogens (tertiary/aromatic N) is 1. The third kappa shape index (κ3) is 2.19. The van der Waals surface area contributed by atoms with Crippen LogP contribution in [0, 0.1) is 11.8 Å². The second kappa shape index (κ2) is 4.81. The van der Waals surface area contributed by atoms with Crippen molar-refractivity contribution in [3.05, 3.63) is 23.8 Å². The summed E-state index contributed by atoms with van der Waals surface area (Å²) in [5, 5.41) is 0. The molecule has 0 amide bonds. The second-order valence-corrected chi connectivity index (χ2v) is 5.72. The number of fused-ring (bicyclic) bond motifs is 1. The summed E-state index contributed by atoms with van der Waals surface area (Å²) in [4.78, 5) is 2.58. The number of nitrogen functional groups attached to an aromatic ring is 1. The van der Waals surface area contributed by atoms with E-state index in [2.05, 4.69) is 11.0 Å². The number of ether oxygens (including phenoxy) is 1. The number of anilines is 1. The quantitative estimate of drug-likeness (QED) is 0.833. The number of hydrogen-bond acceptors (Lipinski definition) is 3. The van der Waals surface area contributed by atoms with Gasteiger partial charge in [-0.05, 0) is 42.4 Å². The molecule has 2 atom stereocenters. The second-order valence-electron chi connectivity index (χ2n) is 5.72. The van der Waals surface area contributed by atoms with Crippen LogP contribution in [-0.4, -0.2) is 25.1 Å². The van der Waals surface area contributed by atoms with Crippen molar-refractivity contribution in [1.82, 2.24) is 4.90 Å². The van der Waals surface area contributed by atoms with Crippen molar-refractivity contribution in [3.8, 4) is 5.75 Å². The smallest absolute Gasteiger partial charge is 0.141 e. The number of methoxy groups -OCH3 is 1. The van der Waals surface area contributed by atoms with E-state index in [1.807, 2.05) is 12.1 Å². The molecular formula is C15H22N2O. The molecular weight excluding hydrogens is 224 g/mol. The zero-order valence-corrected chi connectivity index (χ0v) is 11.1. The van der Waals surface area contributed by atoms with E-state index in [4.69, 9.17) is 10.5 Å². The fourth-order valence-electron chi connectivity index (χ4n) is 3.60. The molecule has 18 heavy (non-hydrogen) atoms. The van der Waals surface area contributed by atoms with Crippen LogP contribution in [0.1, 0.15) is 24.8 Å². The number of hydrogen-bond donors (Lipinski definition) is 1. The van der Waals surface area contributed by atoms with Gasteiger partial charge in [-0.25, -0.2) is 0 Å². The molecule has 98 valence electrons. The lowest BCUT2D eigenvalue weighted by Crippen LogP contribution is -2.21. The van der Waals surface area contributed by atoms with E-state index in [1.165, 1.54) is 37.9 Å². The number of benzene rings is 1. The normalized spacial score (nSPS) is 27.4. The summed E-state index contributed by atoms with van der Waals surface area (Å²) in [6.45, 7) is 3.58. The lowest BCUT2D eigenvalue weighted by molar-refractivity contribution is 0.303. The van der Waals surface area contributed by atoms with Crippen molar-refractivity contribution < 1.29 is 4.74 Å². The molecule has 1 aromatic carbocycles. The van der Waals surface area contributed by atoms with Crippen molar-refractivity contribution in [1.29, 1.82) is 0 Å². The summed E-state index contributed by atoms with van der Waals surface area (Å²) in [5.74, 6) is 2.69. The van der Waals surface area contributed by atoms with E-state index in [9.17, 15) is 0 Å². The summed E-state index contributed by atoms with van der Waals surface area (Å²) in [5.41, 5.74) is 8.00. The third-order valence-corrected chi connectivity index (χ3v) is 4.50. The molecule has 1 aliphatic carbocycles. The van der Waals surface area contributed by atoms with Crippen LogP contribution in [0.15, 0.2) is 18.2 Å². The number of likely N-dealkylation sites (tertiary alicyclic amines) is 1. The Balaban J connectivity index is 1.65. The molecule has 1 aliphatic heterocycles. The Morgan fingerprint density at radius 1 is 1.28 bits per heavy atom. The summed E-state index contributed by atoms with van der Waals surface area (Å²) >= 11 is 0. The molecule has 0 bridgehead atoms. The minimum Gasteiger partial charge on any atom is -0.495 e. The average molecular weight is 246 g/mol. The molecule has 1 aromatic rings. The maximum Gasteiger partial charge on any atom is 0.141 e. The first kappa shape index (κ1) is 11.8. The lowest BCUT2D eigenvalue weighted by Gasteiger charge is -2.17. The van der Waals surface area contributed by atoms with Gasteiger partial charge in [-0.2, -0.15) is 0 Å². The van der Waals surface area contributed by atoms with Gasteiger partial charge in [0.1, 0.15) is 5.75 Å². The molecule has 3 rings (SSSR count). The fourth-order valence-corrected chi connectivity index (χ4v) is 3.60. The molecule has 0 spiro atoms. The summed E-state index contributed by atoms with van der Waals surface area (Å²) < 4.78 is 5.19.